The highest BCUT2D eigenvalue weighted by atomic mass is 16.4. The minimum absolute atomic E-state index is 0.0356. The van der Waals surface area contributed by atoms with Crippen molar-refractivity contribution in [1.82, 2.24) is 4.90 Å². The van der Waals surface area contributed by atoms with Crippen molar-refractivity contribution in [2.45, 2.75) is 27.2 Å². The van der Waals surface area contributed by atoms with E-state index in [9.17, 15) is 14.7 Å². The molecule has 0 aromatic rings. The van der Waals surface area contributed by atoms with E-state index in [-0.39, 0.29) is 11.8 Å². The van der Waals surface area contributed by atoms with Crippen molar-refractivity contribution in [2.24, 2.45) is 11.3 Å². The summed E-state index contributed by atoms with van der Waals surface area (Å²) >= 11 is 0. The van der Waals surface area contributed by atoms with Crippen LogP contribution in [0.15, 0.2) is 12.2 Å². The number of carboxylic acid groups (broad SMARTS) is 1. The van der Waals surface area contributed by atoms with Crippen molar-refractivity contribution in [1.29, 1.82) is 0 Å². The molecule has 0 saturated carbocycles. The Balaban J connectivity index is 2.83. The largest absolute Gasteiger partial charge is 0.481 e. The molecular weight excluding hydrogens is 206 g/mol. The molecule has 1 amide bonds. The van der Waals surface area contributed by atoms with Gasteiger partial charge in [0.1, 0.15) is 0 Å². The lowest BCUT2D eigenvalue weighted by Crippen LogP contribution is -2.40. The van der Waals surface area contributed by atoms with Crippen LogP contribution in [0.3, 0.4) is 0 Å². The van der Waals surface area contributed by atoms with E-state index >= 15 is 0 Å². The summed E-state index contributed by atoms with van der Waals surface area (Å²) in [6, 6.07) is 0. The molecule has 0 radical (unpaired) electrons. The topological polar surface area (TPSA) is 57.6 Å². The molecule has 1 saturated heterocycles. The normalized spacial score (nSPS) is 25.6. The molecule has 1 unspecified atom stereocenters. The van der Waals surface area contributed by atoms with Gasteiger partial charge >= 0.3 is 5.97 Å². The van der Waals surface area contributed by atoms with Gasteiger partial charge in [0.25, 0.3) is 0 Å². The molecule has 4 nitrogen and oxygen atoms in total. The van der Waals surface area contributed by atoms with Gasteiger partial charge in [0.15, 0.2) is 0 Å². The SMILES string of the molecule is C/C=C/C(=O)N1CCC(C(=O)O)(C(C)C)C1. The molecule has 0 aromatic carbocycles. The summed E-state index contributed by atoms with van der Waals surface area (Å²) in [5, 5.41) is 9.31. The molecule has 4 heteroatoms. The summed E-state index contributed by atoms with van der Waals surface area (Å²) in [5.74, 6) is -0.849. The fourth-order valence-corrected chi connectivity index (χ4v) is 2.16. The average molecular weight is 225 g/mol. The summed E-state index contributed by atoms with van der Waals surface area (Å²) in [6.07, 6.45) is 3.71. The first-order chi connectivity index (χ1) is 7.44. The summed E-state index contributed by atoms with van der Waals surface area (Å²) in [5.41, 5.74) is -0.767. The Labute approximate surface area is 95.9 Å². The summed E-state index contributed by atoms with van der Waals surface area (Å²) in [4.78, 5) is 24.6. The van der Waals surface area contributed by atoms with Crippen molar-refractivity contribution in [2.75, 3.05) is 13.1 Å². The van der Waals surface area contributed by atoms with Crippen LogP contribution >= 0.6 is 0 Å². The smallest absolute Gasteiger partial charge is 0.311 e. The number of likely N-dealkylation sites (tertiary alicyclic amines) is 1. The molecule has 1 fully saturated rings. The molecule has 0 bridgehead atoms. The van der Waals surface area contributed by atoms with E-state index in [1.54, 1.807) is 17.9 Å². The van der Waals surface area contributed by atoms with E-state index in [1.807, 2.05) is 13.8 Å². The first-order valence-corrected chi connectivity index (χ1v) is 5.59. The van der Waals surface area contributed by atoms with Gasteiger partial charge in [-0.15, -0.1) is 0 Å². The predicted octanol–water partition coefficient (Wildman–Crippen LogP) is 1.52. The molecule has 90 valence electrons. The lowest BCUT2D eigenvalue weighted by atomic mass is 9.76. The number of hydrogen-bond donors (Lipinski definition) is 1. The van der Waals surface area contributed by atoms with Crippen LogP contribution in [0.5, 0.6) is 0 Å². The molecule has 1 aliphatic heterocycles. The summed E-state index contributed by atoms with van der Waals surface area (Å²) in [6.45, 7) is 6.44. The number of hydrogen-bond acceptors (Lipinski definition) is 2. The Morgan fingerprint density at radius 2 is 2.06 bits per heavy atom. The van der Waals surface area contributed by atoms with E-state index in [0.29, 0.717) is 19.5 Å². The van der Waals surface area contributed by atoms with Gasteiger partial charge in [-0.2, -0.15) is 0 Å². The lowest BCUT2D eigenvalue weighted by molar-refractivity contribution is -0.151. The van der Waals surface area contributed by atoms with Crippen LogP contribution in [0.1, 0.15) is 27.2 Å². The van der Waals surface area contributed by atoms with Gasteiger partial charge in [-0.3, -0.25) is 9.59 Å². The molecule has 0 aliphatic carbocycles. The summed E-state index contributed by atoms with van der Waals surface area (Å²) < 4.78 is 0. The van der Waals surface area contributed by atoms with Crippen molar-refractivity contribution in [3.8, 4) is 0 Å². The van der Waals surface area contributed by atoms with Gasteiger partial charge in [-0.1, -0.05) is 19.9 Å². The quantitative estimate of drug-likeness (QED) is 0.741. The number of nitrogens with zero attached hydrogens (tertiary/aromatic N) is 1. The van der Waals surface area contributed by atoms with E-state index in [1.165, 1.54) is 6.08 Å². The summed E-state index contributed by atoms with van der Waals surface area (Å²) in [7, 11) is 0. The number of allylic oxidation sites excluding steroid dienone is 1. The Hall–Kier alpha value is -1.32. The highest BCUT2D eigenvalue weighted by Crippen LogP contribution is 2.38. The lowest BCUT2D eigenvalue weighted by Gasteiger charge is -2.28. The molecule has 0 spiro atoms. The number of aliphatic carboxylic acids is 1. The zero-order chi connectivity index (χ0) is 12.3. The Morgan fingerprint density at radius 3 is 2.44 bits per heavy atom. The van der Waals surface area contributed by atoms with Crippen molar-refractivity contribution < 1.29 is 14.7 Å². The number of rotatable bonds is 3. The zero-order valence-corrected chi connectivity index (χ0v) is 10.1. The fraction of sp³-hybridized carbons (Fsp3) is 0.667. The van der Waals surface area contributed by atoms with Crippen LogP contribution in [-0.2, 0) is 9.59 Å². The van der Waals surface area contributed by atoms with Crippen LogP contribution in [0.4, 0.5) is 0 Å². The predicted molar refractivity (Wildman–Crippen MR) is 60.9 cm³/mol. The monoisotopic (exact) mass is 225 g/mol. The van der Waals surface area contributed by atoms with Gasteiger partial charge in [0, 0.05) is 13.1 Å². The third kappa shape index (κ3) is 2.10. The van der Waals surface area contributed by atoms with E-state index in [2.05, 4.69) is 0 Å². The standard InChI is InChI=1S/C12H19NO3/c1-4-5-10(14)13-7-6-12(8-13,9(2)3)11(15)16/h4-5,9H,6-8H2,1-3H3,(H,15,16)/b5-4+. The van der Waals surface area contributed by atoms with Crippen molar-refractivity contribution in [3.63, 3.8) is 0 Å². The maximum absolute atomic E-state index is 11.6. The van der Waals surface area contributed by atoms with E-state index < -0.39 is 11.4 Å². The molecule has 1 N–H and O–H groups in total. The Morgan fingerprint density at radius 1 is 1.44 bits per heavy atom. The van der Waals surface area contributed by atoms with Crippen LogP contribution in [0.2, 0.25) is 0 Å². The zero-order valence-electron chi connectivity index (χ0n) is 10.1. The molecule has 1 heterocycles. The average Bonchev–Trinajstić information content (AvgIpc) is 2.63. The van der Waals surface area contributed by atoms with Gasteiger partial charge < -0.3 is 10.0 Å². The highest BCUT2D eigenvalue weighted by molar-refractivity contribution is 5.89. The van der Waals surface area contributed by atoms with Gasteiger partial charge in [0.05, 0.1) is 5.41 Å². The van der Waals surface area contributed by atoms with E-state index in [4.69, 9.17) is 0 Å². The minimum Gasteiger partial charge on any atom is -0.481 e. The Kier molecular flexibility index (Phi) is 3.73. The molecule has 16 heavy (non-hydrogen) atoms. The number of amides is 1. The second-order valence-corrected chi connectivity index (χ2v) is 4.63. The first kappa shape index (κ1) is 12.7. The number of carboxylic acids is 1. The van der Waals surface area contributed by atoms with Crippen molar-refractivity contribution in [3.05, 3.63) is 12.2 Å². The molecule has 1 aliphatic rings. The third-order valence-corrected chi connectivity index (χ3v) is 3.45. The fourth-order valence-electron chi connectivity index (χ4n) is 2.16. The number of carbonyl (C=O) groups is 2. The second-order valence-electron chi connectivity index (χ2n) is 4.63. The highest BCUT2D eigenvalue weighted by Gasteiger charge is 2.48. The maximum Gasteiger partial charge on any atom is 0.311 e. The van der Waals surface area contributed by atoms with E-state index in [0.717, 1.165) is 0 Å². The van der Waals surface area contributed by atoms with Crippen LogP contribution < -0.4 is 0 Å². The minimum atomic E-state index is -0.793. The molecule has 1 atom stereocenters. The van der Waals surface area contributed by atoms with Gasteiger partial charge in [0.2, 0.25) is 5.91 Å². The molecular formula is C12H19NO3. The van der Waals surface area contributed by atoms with Crippen molar-refractivity contribution >= 4 is 11.9 Å². The molecule has 1 rings (SSSR count). The van der Waals surface area contributed by atoms with Gasteiger partial charge in [-0.05, 0) is 25.3 Å². The number of carbonyl (C=O) groups excluding carboxylic acids is 1. The third-order valence-electron chi connectivity index (χ3n) is 3.45. The first-order valence-electron chi connectivity index (χ1n) is 5.59. The molecule has 0 aromatic heterocycles. The maximum atomic E-state index is 11.6. The van der Waals surface area contributed by atoms with Crippen LogP contribution in [0.25, 0.3) is 0 Å². The van der Waals surface area contributed by atoms with Crippen LogP contribution in [0, 0.1) is 11.3 Å². The Bertz CT molecular complexity index is 322. The van der Waals surface area contributed by atoms with Crippen LogP contribution in [-0.4, -0.2) is 35.0 Å². The second kappa shape index (κ2) is 4.68. The van der Waals surface area contributed by atoms with Gasteiger partial charge in [-0.25, -0.2) is 0 Å².